The summed E-state index contributed by atoms with van der Waals surface area (Å²) in [6, 6.07) is 15.5. The Labute approximate surface area is 200 Å². The number of benzene rings is 2. The highest BCUT2D eigenvalue weighted by molar-refractivity contribution is 6.35. The van der Waals surface area contributed by atoms with Crippen LogP contribution in [0, 0.1) is 11.8 Å². The molecule has 176 valence electrons. The number of aromatic amines is 1. The van der Waals surface area contributed by atoms with Crippen LogP contribution in [-0.4, -0.2) is 53.3 Å². The number of imide groups is 1. The van der Waals surface area contributed by atoms with Crippen LogP contribution in [0.15, 0.2) is 60.4 Å². The molecule has 34 heavy (non-hydrogen) atoms. The van der Waals surface area contributed by atoms with Crippen molar-refractivity contribution < 1.29 is 14.3 Å². The van der Waals surface area contributed by atoms with Crippen molar-refractivity contribution in [2.75, 3.05) is 26.7 Å². The van der Waals surface area contributed by atoms with Gasteiger partial charge in [-0.2, -0.15) is 0 Å². The first-order valence-electron chi connectivity index (χ1n) is 12.0. The monoisotopic (exact) mass is 457 g/mol. The SMILES string of the molecule is COc1ccc(C2=C(N3CC(C)CC(C)C3)C(=O)N(CCc3c[nH]c4ccccc34)C2=O)cc1. The number of nitrogens with zero attached hydrogens (tertiary/aromatic N) is 2. The zero-order valence-corrected chi connectivity index (χ0v) is 20.0. The van der Waals surface area contributed by atoms with Crippen LogP contribution in [0.2, 0.25) is 0 Å². The molecule has 2 atom stereocenters. The molecule has 1 N–H and O–H groups in total. The molecule has 3 heterocycles. The number of hydrogen-bond acceptors (Lipinski definition) is 4. The molecule has 0 saturated carbocycles. The molecule has 6 nitrogen and oxygen atoms in total. The van der Waals surface area contributed by atoms with E-state index in [9.17, 15) is 9.59 Å². The lowest BCUT2D eigenvalue weighted by Gasteiger charge is -2.37. The summed E-state index contributed by atoms with van der Waals surface area (Å²) < 4.78 is 5.30. The van der Waals surface area contributed by atoms with Gasteiger partial charge in [-0.15, -0.1) is 0 Å². The zero-order chi connectivity index (χ0) is 23.8. The molecule has 3 aromatic rings. The van der Waals surface area contributed by atoms with Crippen LogP contribution >= 0.6 is 0 Å². The topological polar surface area (TPSA) is 65.6 Å². The maximum absolute atomic E-state index is 13.7. The first-order chi connectivity index (χ1) is 16.5. The van der Waals surface area contributed by atoms with Crippen LogP contribution in [0.4, 0.5) is 0 Å². The number of ether oxygens (including phenoxy) is 1. The molecular formula is C28H31N3O3. The van der Waals surface area contributed by atoms with Crippen molar-refractivity contribution >= 4 is 28.3 Å². The molecule has 5 rings (SSSR count). The second-order valence-electron chi connectivity index (χ2n) is 9.67. The van der Waals surface area contributed by atoms with E-state index >= 15 is 0 Å². The van der Waals surface area contributed by atoms with E-state index in [0.717, 1.165) is 47.3 Å². The smallest absolute Gasteiger partial charge is 0.277 e. The lowest BCUT2D eigenvalue weighted by atomic mass is 9.91. The maximum Gasteiger partial charge on any atom is 0.277 e. The molecule has 0 aliphatic carbocycles. The lowest BCUT2D eigenvalue weighted by molar-refractivity contribution is -0.137. The first kappa shape index (κ1) is 22.3. The standard InChI is InChI=1S/C28H31N3O3/c1-18-14-19(2)17-30(16-18)26-25(20-8-10-22(34-3)11-9-20)27(32)31(28(26)33)13-12-21-15-29-24-7-5-4-6-23(21)24/h4-11,15,18-19,29H,12-14,16-17H2,1-3H3. The normalized spacial score (nSPS) is 21.1. The number of carbonyl (C=O) groups excluding carboxylic acids is 2. The van der Waals surface area contributed by atoms with Crippen molar-refractivity contribution in [3.05, 3.63) is 71.6 Å². The largest absolute Gasteiger partial charge is 0.497 e. The van der Waals surface area contributed by atoms with Crippen molar-refractivity contribution in [1.82, 2.24) is 14.8 Å². The van der Waals surface area contributed by atoms with Crippen molar-refractivity contribution in [2.45, 2.75) is 26.7 Å². The van der Waals surface area contributed by atoms with E-state index < -0.39 is 0 Å². The fourth-order valence-corrected chi connectivity index (χ4v) is 5.49. The number of nitrogens with one attached hydrogen (secondary N) is 1. The summed E-state index contributed by atoms with van der Waals surface area (Å²) in [5, 5.41) is 1.13. The predicted molar refractivity (Wildman–Crippen MR) is 133 cm³/mol. The van der Waals surface area contributed by atoms with Crippen LogP contribution in [0.25, 0.3) is 16.5 Å². The highest BCUT2D eigenvalue weighted by Crippen LogP contribution is 2.35. The molecule has 0 radical (unpaired) electrons. The number of likely N-dealkylation sites (tertiary alicyclic amines) is 1. The Morgan fingerprint density at radius 1 is 0.971 bits per heavy atom. The molecule has 6 heteroatoms. The Morgan fingerprint density at radius 3 is 2.38 bits per heavy atom. The number of hydrogen-bond donors (Lipinski definition) is 1. The van der Waals surface area contributed by atoms with Gasteiger partial charge >= 0.3 is 0 Å². The number of aromatic nitrogens is 1. The van der Waals surface area contributed by atoms with Gasteiger partial charge in [-0.3, -0.25) is 14.5 Å². The van der Waals surface area contributed by atoms with Crippen molar-refractivity contribution in [3.63, 3.8) is 0 Å². The first-order valence-corrected chi connectivity index (χ1v) is 12.0. The number of para-hydroxylation sites is 1. The van der Waals surface area contributed by atoms with Gasteiger partial charge in [-0.1, -0.05) is 44.2 Å². The van der Waals surface area contributed by atoms with Gasteiger partial charge in [0, 0.05) is 36.7 Å². The van der Waals surface area contributed by atoms with Gasteiger partial charge in [0.15, 0.2) is 0 Å². The van der Waals surface area contributed by atoms with Gasteiger partial charge in [-0.05, 0) is 54.0 Å². The van der Waals surface area contributed by atoms with Gasteiger partial charge < -0.3 is 14.6 Å². The summed E-state index contributed by atoms with van der Waals surface area (Å²) in [5.74, 6) is 1.26. The minimum Gasteiger partial charge on any atom is -0.497 e. The van der Waals surface area contributed by atoms with E-state index in [1.54, 1.807) is 7.11 Å². The van der Waals surface area contributed by atoms with E-state index in [-0.39, 0.29) is 11.8 Å². The fourth-order valence-electron chi connectivity index (χ4n) is 5.49. The van der Waals surface area contributed by atoms with Crippen molar-refractivity contribution in [3.8, 4) is 5.75 Å². The van der Waals surface area contributed by atoms with Gasteiger partial charge in [0.05, 0.1) is 12.7 Å². The number of piperidine rings is 1. The third-order valence-electron chi connectivity index (χ3n) is 6.99. The second-order valence-corrected chi connectivity index (χ2v) is 9.67. The molecule has 0 bridgehead atoms. The summed E-state index contributed by atoms with van der Waals surface area (Å²) in [6.45, 7) is 6.35. The quantitative estimate of drug-likeness (QED) is 0.555. The number of carbonyl (C=O) groups is 2. The van der Waals surface area contributed by atoms with Crippen LogP contribution in [-0.2, 0) is 16.0 Å². The van der Waals surface area contributed by atoms with E-state index in [0.29, 0.717) is 36.1 Å². The average Bonchev–Trinajstić information content (AvgIpc) is 3.35. The number of H-pyrrole nitrogens is 1. The summed E-state index contributed by atoms with van der Waals surface area (Å²) in [7, 11) is 1.62. The maximum atomic E-state index is 13.7. The summed E-state index contributed by atoms with van der Waals surface area (Å²) in [4.78, 5) is 34.3. The van der Waals surface area contributed by atoms with Gasteiger partial charge in [-0.25, -0.2) is 0 Å². The third-order valence-corrected chi connectivity index (χ3v) is 6.99. The number of amides is 2. The van der Waals surface area contributed by atoms with Gasteiger partial charge in [0.2, 0.25) is 0 Å². The van der Waals surface area contributed by atoms with Crippen LogP contribution in [0.5, 0.6) is 5.75 Å². The number of fused-ring (bicyclic) bond motifs is 1. The molecule has 0 spiro atoms. The molecule has 1 fully saturated rings. The van der Waals surface area contributed by atoms with Crippen LogP contribution in [0.1, 0.15) is 31.4 Å². The number of rotatable bonds is 6. The third kappa shape index (κ3) is 3.98. The van der Waals surface area contributed by atoms with E-state index in [2.05, 4.69) is 29.8 Å². The Kier molecular flexibility index (Phi) is 5.90. The van der Waals surface area contributed by atoms with E-state index in [4.69, 9.17) is 4.74 Å². The molecule has 2 aliphatic rings. The number of methoxy groups -OCH3 is 1. The Morgan fingerprint density at radius 2 is 1.68 bits per heavy atom. The van der Waals surface area contributed by atoms with Crippen molar-refractivity contribution in [2.24, 2.45) is 11.8 Å². The Balaban J connectivity index is 1.47. The second kappa shape index (κ2) is 9.01. The molecule has 1 saturated heterocycles. The predicted octanol–water partition coefficient (Wildman–Crippen LogP) is 4.48. The summed E-state index contributed by atoms with van der Waals surface area (Å²) >= 11 is 0. The molecule has 2 unspecified atom stereocenters. The molecule has 2 aliphatic heterocycles. The van der Waals surface area contributed by atoms with Crippen LogP contribution < -0.4 is 4.74 Å². The minimum atomic E-state index is -0.212. The molecule has 2 aromatic carbocycles. The average molecular weight is 458 g/mol. The zero-order valence-electron chi connectivity index (χ0n) is 20.0. The van der Waals surface area contributed by atoms with Crippen LogP contribution in [0.3, 0.4) is 0 Å². The highest BCUT2D eigenvalue weighted by atomic mass is 16.5. The fraction of sp³-hybridized carbons (Fsp3) is 0.357. The summed E-state index contributed by atoms with van der Waals surface area (Å²) in [5.41, 5.74) is 3.98. The van der Waals surface area contributed by atoms with Crippen molar-refractivity contribution in [1.29, 1.82) is 0 Å². The van der Waals surface area contributed by atoms with Gasteiger partial charge in [0.25, 0.3) is 11.8 Å². The highest BCUT2D eigenvalue weighted by Gasteiger charge is 2.42. The van der Waals surface area contributed by atoms with E-state index in [1.165, 1.54) is 4.90 Å². The lowest BCUT2D eigenvalue weighted by Crippen LogP contribution is -2.42. The molecule has 2 amide bonds. The molecule has 1 aromatic heterocycles. The Hall–Kier alpha value is -3.54. The minimum absolute atomic E-state index is 0.183. The molecular weight excluding hydrogens is 426 g/mol. The summed E-state index contributed by atoms with van der Waals surface area (Å²) in [6.07, 6.45) is 3.72. The van der Waals surface area contributed by atoms with Gasteiger partial charge in [0.1, 0.15) is 11.4 Å². The Bertz CT molecular complexity index is 1250. The van der Waals surface area contributed by atoms with E-state index in [1.807, 2.05) is 48.7 Å².